The molecule has 3 heterocycles. The molecule has 0 aromatic carbocycles. The molecule has 1 aromatic heterocycles. The fraction of sp³-hybridized carbons (Fsp3) is 0.412. The Balaban J connectivity index is 1.35. The third-order valence-electron chi connectivity index (χ3n) is 4.61. The first kappa shape index (κ1) is 18.0. The second-order valence-electron chi connectivity index (χ2n) is 6.41. The second-order valence-corrected chi connectivity index (χ2v) is 6.41. The van der Waals surface area contributed by atoms with E-state index in [1.807, 2.05) is 0 Å². The Bertz CT molecular complexity index is 824. The number of amides is 2. The number of hydrazone groups is 1. The Morgan fingerprint density at radius 2 is 2.29 bits per heavy atom. The molecule has 0 radical (unpaired) electrons. The van der Waals surface area contributed by atoms with Crippen molar-refractivity contribution in [1.29, 1.82) is 0 Å². The van der Waals surface area contributed by atoms with Crippen molar-refractivity contribution in [3.8, 4) is 5.88 Å². The van der Waals surface area contributed by atoms with Gasteiger partial charge < -0.3 is 18.9 Å². The Kier molecular flexibility index (Phi) is 4.96. The summed E-state index contributed by atoms with van der Waals surface area (Å²) in [6, 6.07) is 1.11. The largest absolute Gasteiger partial charge is 0.471 e. The van der Waals surface area contributed by atoms with Gasteiger partial charge >= 0.3 is 6.09 Å². The van der Waals surface area contributed by atoms with Gasteiger partial charge in [0.2, 0.25) is 6.41 Å². The van der Waals surface area contributed by atoms with Crippen LogP contribution < -0.4 is 4.74 Å². The van der Waals surface area contributed by atoms with Crippen molar-refractivity contribution >= 4 is 18.8 Å². The molecular formula is C17H18FN5O5. The predicted molar refractivity (Wildman–Crippen MR) is 92.6 cm³/mol. The third kappa shape index (κ3) is 3.68. The minimum absolute atomic E-state index is 0.131. The molecule has 1 aromatic rings. The molecule has 28 heavy (non-hydrogen) atoms. The van der Waals surface area contributed by atoms with E-state index < -0.39 is 24.1 Å². The smallest absolute Gasteiger partial charge is 0.410 e. The van der Waals surface area contributed by atoms with Crippen molar-refractivity contribution in [2.45, 2.75) is 18.6 Å². The van der Waals surface area contributed by atoms with Gasteiger partial charge in [-0.2, -0.15) is 5.10 Å². The van der Waals surface area contributed by atoms with Gasteiger partial charge in [0.05, 0.1) is 24.8 Å². The summed E-state index contributed by atoms with van der Waals surface area (Å²) in [5.41, 5.74) is 0.379. The number of aromatic nitrogens is 1. The van der Waals surface area contributed by atoms with Crippen LogP contribution in [-0.4, -0.2) is 77.2 Å². The molecule has 1 aliphatic carbocycles. The van der Waals surface area contributed by atoms with Gasteiger partial charge in [0, 0.05) is 12.6 Å². The minimum atomic E-state index is -0.513. The molecule has 2 aliphatic heterocycles. The Morgan fingerprint density at radius 3 is 2.96 bits per heavy atom. The fourth-order valence-corrected chi connectivity index (χ4v) is 3.19. The van der Waals surface area contributed by atoms with Crippen molar-refractivity contribution in [3.05, 3.63) is 36.0 Å². The summed E-state index contributed by atoms with van der Waals surface area (Å²) in [5, 5.41) is 8.78. The van der Waals surface area contributed by atoms with Crippen LogP contribution in [0.1, 0.15) is 6.42 Å². The van der Waals surface area contributed by atoms with E-state index in [9.17, 15) is 14.0 Å². The SMILES string of the molecule is O=CN1CCN(C2=CCC(N3CC(COc4ccon4)OC3=O)C=C2F)C=N1. The van der Waals surface area contributed by atoms with Crippen LogP contribution >= 0.6 is 0 Å². The Labute approximate surface area is 159 Å². The van der Waals surface area contributed by atoms with Crippen molar-refractivity contribution in [3.63, 3.8) is 0 Å². The third-order valence-corrected chi connectivity index (χ3v) is 4.61. The van der Waals surface area contributed by atoms with E-state index in [0.29, 0.717) is 37.5 Å². The van der Waals surface area contributed by atoms with Gasteiger partial charge in [-0.3, -0.25) is 9.69 Å². The van der Waals surface area contributed by atoms with E-state index in [1.54, 1.807) is 17.0 Å². The number of hydrogen-bond acceptors (Lipinski definition) is 8. The first-order valence-corrected chi connectivity index (χ1v) is 8.75. The fourth-order valence-electron chi connectivity index (χ4n) is 3.19. The van der Waals surface area contributed by atoms with Gasteiger partial charge in [-0.1, -0.05) is 6.08 Å². The van der Waals surface area contributed by atoms with Crippen molar-refractivity contribution in [2.75, 3.05) is 26.2 Å². The van der Waals surface area contributed by atoms with Crippen LogP contribution in [0.4, 0.5) is 9.18 Å². The van der Waals surface area contributed by atoms with E-state index >= 15 is 0 Å². The normalized spacial score (nSPS) is 24.8. The molecule has 148 valence electrons. The van der Waals surface area contributed by atoms with Gasteiger partial charge in [-0.15, -0.1) is 0 Å². The number of halogens is 1. The number of allylic oxidation sites excluding steroid dienone is 1. The lowest BCUT2D eigenvalue weighted by Crippen LogP contribution is -2.40. The lowest BCUT2D eigenvalue weighted by atomic mass is 10.0. The van der Waals surface area contributed by atoms with E-state index in [-0.39, 0.29) is 13.2 Å². The molecule has 1 fully saturated rings. The minimum Gasteiger partial charge on any atom is -0.471 e. The van der Waals surface area contributed by atoms with Crippen LogP contribution in [0.2, 0.25) is 0 Å². The van der Waals surface area contributed by atoms with Crippen LogP contribution in [0.15, 0.2) is 45.6 Å². The summed E-state index contributed by atoms with van der Waals surface area (Å²) >= 11 is 0. The van der Waals surface area contributed by atoms with Crippen LogP contribution in [0.5, 0.6) is 5.88 Å². The number of ether oxygens (including phenoxy) is 2. The highest BCUT2D eigenvalue weighted by Crippen LogP contribution is 2.28. The lowest BCUT2D eigenvalue weighted by molar-refractivity contribution is -0.118. The summed E-state index contributed by atoms with van der Waals surface area (Å²) in [7, 11) is 0. The topological polar surface area (TPSA) is 101 Å². The zero-order valence-corrected chi connectivity index (χ0v) is 14.8. The maximum atomic E-state index is 14.7. The molecular weight excluding hydrogens is 373 g/mol. The first-order chi connectivity index (χ1) is 13.6. The highest BCUT2D eigenvalue weighted by atomic mass is 19.1. The number of hydrogen-bond donors (Lipinski definition) is 0. The van der Waals surface area contributed by atoms with Gasteiger partial charge in [-0.25, -0.2) is 14.2 Å². The molecule has 2 atom stereocenters. The highest BCUT2D eigenvalue weighted by molar-refractivity contribution is 5.71. The molecule has 10 nitrogen and oxygen atoms in total. The van der Waals surface area contributed by atoms with Gasteiger partial charge in [0.25, 0.3) is 5.88 Å². The highest BCUT2D eigenvalue weighted by Gasteiger charge is 2.37. The molecule has 0 saturated carbocycles. The van der Waals surface area contributed by atoms with Gasteiger partial charge in [-0.05, 0) is 17.7 Å². The number of cyclic esters (lactones) is 1. The van der Waals surface area contributed by atoms with Crippen LogP contribution in [-0.2, 0) is 9.53 Å². The van der Waals surface area contributed by atoms with Crippen molar-refractivity contribution < 1.29 is 28.0 Å². The second kappa shape index (κ2) is 7.71. The number of nitrogens with zero attached hydrogens (tertiary/aromatic N) is 5. The van der Waals surface area contributed by atoms with E-state index in [2.05, 4.69) is 14.8 Å². The van der Waals surface area contributed by atoms with Crippen molar-refractivity contribution in [2.24, 2.45) is 5.10 Å². The molecule has 2 amide bonds. The van der Waals surface area contributed by atoms with Crippen LogP contribution in [0, 0.1) is 0 Å². The van der Waals surface area contributed by atoms with Crippen LogP contribution in [0.25, 0.3) is 0 Å². The quantitative estimate of drug-likeness (QED) is 0.670. The van der Waals surface area contributed by atoms with E-state index in [0.717, 1.165) is 0 Å². The Hall–Kier alpha value is -3.37. The summed E-state index contributed by atoms with van der Waals surface area (Å²) in [4.78, 5) is 26.0. The average Bonchev–Trinajstić information content (AvgIpc) is 3.36. The van der Waals surface area contributed by atoms with Crippen molar-refractivity contribution in [1.82, 2.24) is 20.0 Å². The monoisotopic (exact) mass is 391 g/mol. The standard InChI is InChI=1S/C17H18FN5O5/c18-14-7-12(1-2-15(14)21-4-5-22(11-24)19-10-21)23-8-13(28-17(23)25)9-26-16-3-6-27-20-16/h2-3,6-7,10-13H,1,4-5,8-9H2. The molecule has 4 rings (SSSR count). The summed E-state index contributed by atoms with van der Waals surface area (Å²) < 4.78 is 30.0. The number of carbonyl (C=O) groups is 2. The van der Waals surface area contributed by atoms with E-state index in [4.69, 9.17) is 9.47 Å². The number of rotatable bonds is 6. The average molecular weight is 391 g/mol. The predicted octanol–water partition coefficient (Wildman–Crippen LogP) is 1.10. The van der Waals surface area contributed by atoms with Gasteiger partial charge in [0.1, 0.15) is 25.0 Å². The molecule has 0 spiro atoms. The zero-order valence-electron chi connectivity index (χ0n) is 14.8. The lowest BCUT2D eigenvalue weighted by Gasteiger charge is -2.31. The Morgan fingerprint density at radius 1 is 1.39 bits per heavy atom. The zero-order chi connectivity index (χ0) is 19.5. The van der Waals surface area contributed by atoms with Gasteiger partial charge in [0.15, 0.2) is 6.10 Å². The maximum absolute atomic E-state index is 14.7. The molecule has 0 N–H and O–H groups in total. The van der Waals surface area contributed by atoms with E-state index in [1.165, 1.54) is 28.6 Å². The maximum Gasteiger partial charge on any atom is 0.410 e. The summed E-state index contributed by atoms with van der Waals surface area (Å²) in [6.07, 6.45) is 5.98. The molecule has 2 unspecified atom stereocenters. The molecule has 3 aliphatic rings. The first-order valence-electron chi connectivity index (χ1n) is 8.75. The summed E-state index contributed by atoms with van der Waals surface area (Å²) in [5.74, 6) is -0.139. The molecule has 1 saturated heterocycles. The number of carbonyl (C=O) groups excluding carboxylic acids is 2. The molecule has 0 bridgehead atoms. The summed E-state index contributed by atoms with van der Waals surface area (Å²) in [6.45, 7) is 1.23. The van der Waals surface area contributed by atoms with Crippen LogP contribution in [0.3, 0.4) is 0 Å². The molecule has 11 heteroatoms.